The molecule has 1 aromatic carbocycles. The monoisotopic (exact) mass is 290 g/mol. The Kier molecular flexibility index (Phi) is 6.60. The number of amides is 1. The fraction of sp³-hybridized carbons (Fsp3) is 0.500. The molecule has 1 amide bonds. The lowest BCUT2D eigenvalue weighted by Crippen LogP contribution is -2.35. The zero-order chi connectivity index (χ0) is 15.0. The minimum Gasteiger partial charge on any atom is -0.325 e. The molecule has 3 nitrogen and oxygen atoms in total. The summed E-state index contributed by atoms with van der Waals surface area (Å²) < 4.78 is 0. The van der Waals surface area contributed by atoms with Gasteiger partial charge < -0.3 is 5.32 Å². The third-order valence-corrected chi connectivity index (χ3v) is 4.09. The Morgan fingerprint density at radius 3 is 2.20 bits per heavy atom. The molecule has 0 bridgehead atoms. The fourth-order valence-corrected chi connectivity index (χ4v) is 2.70. The van der Waals surface area contributed by atoms with E-state index in [1.807, 2.05) is 44.4 Å². The molecule has 1 rings (SSSR count). The fourth-order valence-electron chi connectivity index (χ4n) is 2.29. The van der Waals surface area contributed by atoms with E-state index >= 15 is 0 Å². The van der Waals surface area contributed by atoms with Crippen LogP contribution in [0.1, 0.15) is 39.5 Å². The average Bonchev–Trinajstić information content (AvgIpc) is 2.47. The number of carbonyl (C=O) groups excluding carboxylic acids is 1. The van der Waals surface area contributed by atoms with Crippen LogP contribution >= 0.6 is 11.8 Å². The van der Waals surface area contributed by atoms with E-state index in [9.17, 15) is 10.1 Å². The molecule has 0 unspecified atom stereocenters. The molecule has 0 aromatic heterocycles. The third-order valence-electron chi connectivity index (χ3n) is 3.35. The van der Waals surface area contributed by atoms with Gasteiger partial charge in [-0.1, -0.05) is 26.7 Å². The molecule has 0 aliphatic heterocycles. The van der Waals surface area contributed by atoms with Gasteiger partial charge in [0.15, 0.2) is 0 Å². The summed E-state index contributed by atoms with van der Waals surface area (Å²) >= 11 is 1.66. The predicted molar refractivity (Wildman–Crippen MR) is 84.7 cm³/mol. The minimum absolute atomic E-state index is 0.180. The molecule has 0 radical (unpaired) electrons. The third kappa shape index (κ3) is 4.01. The first-order valence-electron chi connectivity index (χ1n) is 6.98. The van der Waals surface area contributed by atoms with E-state index < -0.39 is 5.41 Å². The molecule has 0 aliphatic carbocycles. The van der Waals surface area contributed by atoms with Crippen LogP contribution in [0, 0.1) is 16.7 Å². The zero-order valence-corrected chi connectivity index (χ0v) is 13.2. The molecule has 0 heterocycles. The Balaban J connectivity index is 2.87. The van der Waals surface area contributed by atoms with Gasteiger partial charge in [0.2, 0.25) is 5.91 Å². The van der Waals surface area contributed by atoms with Crippen molar-refractivity contribution >= 4 is 23.4 Å². The molecule has 0 fully saturated rings. The topological polar surface area (TPSA) is 52.9 Å². The smallest absolute Gasteiger partial charge is 0.244 e. The Morgan fingerprint density at radius 2 is 1.80 bits per heavy atom. The number of carbonyl (C=O) groups is 1. The van der Waals surface area contributed by atoms with Crippen molar-refractivity contribution in [3.8, 4) is 6.07 Å². The van der Waals surface area contributed by atoms with Crippen molar-refractivity contribution in [1.82, 2.24) is 0 Å². The van der Waals surface area contributed by atoms with E-state index in [4.69, 9.17) is 0 Å². The maximum absolute atomic E-state index is 12.5. The normalized spacial score (nSPS) is 10.9. The maximum atomic E-state index is 12.5. The van der Waals surface area contributed by atoms with Crippen molar-refractivity contribution in [2.24, 2.45) is 5.41 Å². The molecule has 20 heavy (non-hydrogen) atoms. The van der Waals surface area contributed by atoms with Crippen molar-refractivity contribution in [2.45, 2.75) is 44.4 Å². The number of nitrogens with zero attached hydrogens (tertiary/aromatic N) is 1. The summed E-state index contributed by atoms with van der Waals surface area (Å²) in [5, 5.41) is 12.3. The van der Waals surface area contributed by atoms with Crippen molar-refractivity contribution < 1.29 is 4.79 Å². The SMILES string of the molecule is CCCC(C#N)(CCC)C(=O)Nc1ccc(SC)cc1. The second-order valence-electron chi connectivity index (χ2n) is 4.88. The van der Waals surface area contributed by atoms with Crippen LogP contribution in [0.5, 0.6) is 0 Å². The van der Waals surface area contributed by atoms with Crippen LogP contribution < -0.4 is 5.32 Å². The standard InChI is InChI=1S/C16H22N2OS/c1-4-10-16(12-17,11-5-2)15(19)18-13-6-8-14(20-3)9-7-13/h6-9H,4-5,10-11H2,1-3H3,(H,18,19). The molecule has 4 heteroatoms. The predicted octanol–water partition coefficient (Wildman–Crippen LogP) is 4.46. The molecule has 0 spiro atoms. The molecule has 0 saturated carbocycles. The lowest BCUT2D eigenvalue weighted by Gasteiger charge is -2.24. The largest absolute Gasteiger partial charge is 0.325 e. The van der Waals surface area contributed by atoms with E-state index in [0.29, 0.717) is 12.8 Å². The first-order chi connectivity index (χ1) is 9.61. The van der Waals surface area contributed by atoms with Gasteiger partial charge in [-0.05, 0) is 43.4 Å². The molecule has 108 valence electrons. The summed E-state index contributed by atoms with van der Waals surface area (Å²) in [5.74, 6) is -0.180. The summed E-state index contributed by atoms with van der Waals surface area (Å²) in [6.45, 7) is 4.00. The van der Waals surface area contributed by atoms with E-state index in [-0.39, 0.29) is 5.91 Å². The first-order valence-corrected chi connectivity index (χ1v) is 8.21. The van der Waals surface area contributed by atoms with Crippen molar-refractivity contribution in [1.29, 1.82) is 5.26 Å². The van der Waals surface area contributed by atoms with Crippen molar-refractivity contribution in [3.63, 3.8) is 0 Å². The molecular formula is C16H22N2OS. The van der Waals surface area contributed by atoms with E-state index in [2.05, 4.69) is 11.4 Å². The summed E-state index contributed by atoms with van der Waals surface area (Å²) in [6.07, 6.45) is 4.87. The summed E-state index contributed by atoms with van der Waals surface area (Å²) in [6, 6.07) is 9.93. The molecule has 0 aliphatic rings. The minimum atomic E-state index is -0.901. The number of nitriles is 1. The van der Waals surface area contributed by atoms with Crippen molar-refractivity contribution in [2.75, 3.05) is 11.6 Å². The van der Waals surface area contributed by atoms with Gasteiger partial charge in [-0.2, -0.15) is 5.26 Å². The Hall–Kier alpha value is -1.47. The lowest BCUT2D eigenvalue weighted by atomic mass is 9.79. The second-order valence-corrected chi connectivity index (χ2v) is 5.76. The first kappa shape index (κ1) is 16.6. The quantitative estimate of drug-likeness (QED) is 0.754. The summed E-state index contributed by atoms with van der Waals surface area (Å²) in [4.78, 5) is 13.6. The second kappa shape index (κ2) is 7.96. The number of hydrogen-bond acceptors (Lipinski definition) is 3. The van der Waals surface area contributed by atoms with Crippen LogP contribution in [0.25, 0.3) is 0 Å². The molecule has 0 saturated heterocycles. The van der Waals surface area contributed by atoms with Gasteiger partial charge in [0.1, 0.15) is 5.41 Å². The highest BCUT2D eigenvalue weighted by atomic mass is 32.2. The number of anilines is 1. The van der Waals surface area contributed by atoms with E-state index in [0.717, 1.165) is 23.4 Å². The van der Waals surface area contributed by atoms with Crippen LogP contribution in [0.15, 0.2) is 29.2 Å². The summed E-state index contributed by atoms with van der Waals surface area (Å²) in [7, 11) is 0. The lowest BCUT2D eigenvalue weighted by molar-refractivity contribution is -0.123. The van der Waals surface area contributed by atoms with Crippen LogP contribution in [0.4, 0.5) is 5.69 Å². The highest BCUT2D eigenvalue weighted by Crippen LogP contribution is 2.31. The Bertz CT molecular complexity index is 470. The van der Waals surface area contributed by atoms with Gasteiger partial charge in [0.05, 0.1) is 6.07 Å². The Labute approximate surface area is 125 Å². The van der Waals surface area contributed by atoms with Gasteiger partial charge in [-0.25, -0.2) is 0 Å². The van der Waals surface area contributed by atoms with Gasteiger partial charge in [-0.15, -0.1) is 11.8 Å². The molecule has 1 N–H and O–H groups in total. The number of hydrogen-bond donors (Lipinski definition) is 1. The van der Waals surface area contributed by atoms with Gasteiger partial charge >= 0.3 is 0 Å². The zero-order valence-electron chi connectivity index (χ0n) is 12.4. The highest BCUT2D eigenvalue weighted by Gasteiger charge is 2.36. The average molecular weight is 290 g/mol. The van der Waals surface area contributed by atoms with Crippen LogP contribution in [-0.2, 0) is 4.79 Å². The number of thioether (sulfide) groups is 1. The van der Waals surface area contributed by atoms with Gasteiger partial charge in [0, 0.05) is 10.6 Å². The number of rotatable bonds is 7. The summed E-state index contributed by atoms with van der Waals surface area (Å²) in [5.41, 5.74) is -0.151. The molecule has 1 aromatic rings. The number of nitrogens with one attached hydrogen (secondary N) is 1. The Morgan fingerprint density at radius 1 is 1.25 bits per heavy atom. The molecule has 0 atom stereocenters. The van der Waals surface area contributed by atoms with Gasteiger partial charge in [0.25, 0.3) is 0 Å². The van der Waals surface area contributed by atoms with E-state index in [1.54, 1.807) is 11.8 Å². The van der Waals surface area contributed by atoms with Crippen LogP contribution in [0.2, 0.25) is 0 Å². The van der Waals surface area contributed by atoms with Crippen LogP contribution in [-0.4, -0.2) is 12.2 Å². The van der Waals surface area contributed by atoms with Gasteiger partial charge in [-0.3, -0.25) is 4.79 Å². The highest BCUT2D eigenvalue weighted by molar-refractivity contribution is 7.98. The number of benzene rings is 1. The van der Waals surface area contributed by atoms with E-state index in [1.165, 1.54) is 0 Å². The van der Waals surface area contributed by atoms with Crippen molar-refractivity contribution in [3.05, 3.63) is 24.3 Å². The van der Waals surface area contributed by atoms with Crippen LogP contribution in [0.3, 0.4) is 0 Å². The molecular weight excluding hydrogens is 268 g/mol. The maximum Gasteiger partial charge on any atom is 0.244 e.